The molecule has 0 radical (unpaired) electrons. The summed E-state index contributed by atoms with van der Waals surface area (Å²) in [7, 11) is 0. The van der Waals surface area contributed by atoms with Crippen LogP contribution < -0.4 is 19.7 Å². The van der Waals surface area contributed by atoms with Gasteiger partial charge >= 0.3 is 0 Å². The van der Waals surface area contributed by atoms with Gasteiger partial charge in [0.15, 0.2) is 16.6 Å². The molecule has 1 aliphatic heterocycles. The van der Waals surface area contributed by atoms with E-state index in [0.717, 1.165) is 10.0 Å². The normalized spacial score (nSPS) is 14.9. The molecule has 5 nitrogen and oxygen atoms in total. The second-order valence-corrected chi connectivity index (χ2v) is 7.15. The maximum atomic E-state index is 12.9. The number of hydrogen-bond acceptors (Lipinski definition) is 4. The summed E-state index contributed by atoms with van der Waals surface area (Å²) < 4.78 is 12.2. The number of rotatable bonds is 7. The Kier molecular flexibility index (Phi) is 6.49. The van der Waals surface area contributed by atoms with Crippen molar-refractivity contribution in [1.82, 2.24) is 5.32 Å². The van der Waals surface area contributed by atoms with Gasteiger partial charge in [-0.05, 0) is 67.2 Å². The summed E-state index contributed by atoms with van der Waals surface area (Å²) in [5.74, 6) is 1.02. The van der Waals surface area contributed by atoms with Gasteiger partial charge in [-0.3, -0.25) is 9.69 Å². The third-order valence-corrected chi connectivity index (χ3v) is 4.71. The van der Waals surface area contributed by atoms with E-state index in [1.165, 1.54) is 4.90 Å². The highest BCUT2D eigenvalue weighted by molar-refractivity contribution is 9.10. The zero-order valence-electron chi connectivity index (χ0n) is 15.3. The van der Waals surface area contributed by atoms with Gasteiger partial charge in [0, 0.05) is 4.47 Å². The van der Waals surface area contributed by atoms with Crippen LogP contribution >= 0.6 is 28.1 Å². The first-order valence-corrected chi connectivity index (χ1v) is 9.87. The van der Waals surface area contributed by atoms with E-state index in [2.05, 4.69) is 27.8 Å². The molecule has 1 saturated heterocycles. The van der Waals surface area contributed by atoms with E-state index in [9.17, 15) is 4.79 Å². The molecule has 1 amide bonds. The molecular formula is C21H19BrN2O3S. The van der Waals surface area contributed by atoms with Crippen molar-refractivity contribution < 1.29 is 14.3 Å². The summed E-state index contributed by atoms with van der Waals surface area (Å²) in [5.41, 5.74) is 1.90. The van der Waals surface area contributed by atoms with Crippen molar-refractivity contribution >= 4 is 50.9 Å². The second-order valence-electron chi connectivity index (χ2n) is 5.84. The summed E-state index contributed by atoms with van der Waals surface area (Å²) in [6.07, 6.45) is 3.41. The van der Waals surface area contributed by atoms with Crippen LogP contribution in [0.5, 0.6) is 11.5 Å². The Morgan fingerprint density at radius 3 is 2.61 bits per heavy atom. The lowest BCUT2D eigenvalue weighted by atomic mass is 10.1. The van der Waals surface area contributed by atoms with Crippen molar-refractivity contribution in [2.24, 2.45) is 0 Å². The van der Waals surface area contributed by atoms with Gasteiger partial charge in [0.25, 0.3) is 5.91 Å². The molecule has 0 aromatic heterocycles. The molecule has 0 aliphatic carbocycles. The molecule has 2 aromatic rings. The summed E-state index contributed by atoms with van der Waals surface area (Å²) in [5, 5.41) is 3.33. The number of halogens is 1. The Hall–Kier alpha value is -2.64. The van der Waals surface area contributed by atoms with Crippen LogP contribution in [-0.4, -0.2) is 24.2 Å². The van der Waals surface area contributed by atoms with Gasteiger partial charge in [-0.2, -0.15) is 0 Å². The first-order valence-electron chi connectivity index (χ1n) is 8.66. The fourth-order valence-corrected chi connectivity index (χ4v) is 3.24. The minimum atomic E-state index is -0.211. The van der Waals surface area contributed by atoms with E-state index in [4.69, 9.17) is 21.7 Å². The molecule has 3 rings (SSSR count). The Labute approximate surface area is 177 Å². The predicted octanol–water partition coefficient (Wildman–Crippen LogP) is 4.67. The van der Waals surface area contributed by atoms with Gasteiger partial charge in [0.05, 0.1) is 12.3 Å². The van der Waals surface area contributed by atoms with Crippen LogP contribution in [0, 0.1) is 0 Å². The average Bonchev–Trinajstić information content (AvgIpc) is 2.95. The zero-order chi connectivity index (χ0) is 20.1. The van der Waals surface area contributed by atoms with Crippen molar-refractivity contribution in [3.8, 4) is 11.5 Å². The number of nitrogens with zero attached hydrogens (tertiary/aromatic N) is 1. The van der Waals surface area contributed by atoms with E-state index in [0.29, 0.717) is 41.2 Å². The van der Waals surface area contributed by atoms with Crippen LogP contribution in [0.4, 0.5) is 5.69 Å². The predicted molar refractivity (Wildman–Crippen MR) is 119 cm³/mol. The van der Waals surface area contributed by atoms with E-state index in [-0.39, 0.29) is 5.91 Å². The van der Waals surface area contributed by atoms with E-state index in [1.807, 2.05) is 49.4 Å². The molecule has 0 unspecified atom stereocenters. The van der Waals surface area contributed by atoms with Gasteiger partial charge in [-0.15, -0.1) is 0 Å². The largest absolute Gasteiger partial charge is 0.490 e. The fourth-order valence-electron chi connectivity index (χ4n) is 2.68. The number of amides is 1. The lowest BCUT2D eigenvalue weighted by Gasteiger charge is -2.13. The van der Waals surface area contributed by atoms with Crippen molar-refractivity contribution in [1.29, 1.82) is 0 Å². The maximum Gasteiger partial charge on any atom is 0.281 e. The molecule has 1 heterocycles. The van der Waals surface area contributed by atoms with Crippen molar-refractivity contribution in [3.05, 3.63) is 70.9 Å². The molecule has 144 valence electrons. The minimum absolute atomic E-state index is 0.211. The number of anilines is 1. The van der Waals surface area contributed by atoms with E-state index >= 15 is 0 Å². The molecular weight excluding hydrogens is 440 g/mol. The minimum Gasteiger partial charge on any atom is -0.490 e. The Bertz CT molecular complexity index is 941. The second kappa shape index (κ2) is 9.03. The molecule has 0 bridgehead atoms. The number of carbonyl (C=O) groups is 1. The molecule has 7 heteroatoms. The lowest BCUT2D eigenvalue weighted by molar-refractivity contribution is -0.113. The van der Waals surface area contributed by atoms with Gasteiger partial charge in [-0.1, -0.05) is 34.7 Å². The van der Waals surface area contributed by atoms with Crippen molar-refractivity contribution in [2.75, 3.05) is 18.1 Å². The van der Waals surface area contributed by atoms with Gasteiger partial charge < -0.3 is 14.8 Å². The van der Waals surface area contributed by atoms with E-state index in [1.54, 1.807) is 12.2 Å². The summed E-state index contributed by atoms with van der Waals surface area (Å²) in [6, 6.07) is 12.9. The Morgan fingerprint density at radius 2 is 1.93 bits per heavy atom. The van der Waals surface area contributed by atoms with Crippen LogP contribution in [0.25, 0.3) is 6.08 Å². The van der Waals surface area contributed by atoms with Crippen LogP contribution in [0.3, 0.4) is 0 Å². The van der Waals surface area contributed by atoms with Crippen LogP contribution in [-0.2, 0) is 4.79 Å². The molecule has 2 aromatic carbocycles. The summed E-state index contributed by atoms with van der Waals surface area (Å²) in [6.45, 7) is 6.44. The van der Waals surface area contributed by atoms with Gasteiger partial charge in [0.2, 0.25) is 0 Å². The van der Waals surface area contributed by atoms with Crippen molar-refractivity contribution in [2.45, 2.75) is 6.92 Å². The number of hydrogen-bond donors (Lipinski definition) is 1. The maximum absolute atomic E-state index is 12.9. The van der Waals surface area contributed by atoms with E-state index < -0.39 is 0 Å². The van der Waals surface area contributed by atoms with Crippen molar-refractivity contribution in [3.63, 3.8) is 0 Å². The first-order chi connectivity index (χ1) is 13.5. The molecule has 28 heavy (non-hydrogen) atoms. The molecule has 1 aliphatic rings. The topological polar surface area (TPSA) is 50.8 Å². The number of benzene rings is 2. The molecule has 0 atom stereocenters. The molecule has 0 saturated carbocycles. The Morgan fingerprint density at radius 1 is 1.18 bits per heavy atom. The lowest BCUT2D eigenvalue weighted by Crippen LogP contribution is -2.30. The van der Waals surface area contributed by atoms with Gasteiger partial charge in [-0.25, -0.2) is 0 Å². The number of carbonyl (C=O) groups excluding carboxylic acids is 1. The van der Waals surface area contributed by atoms with Crippen LogP contribution in [0.2, 0.25) is 0 Å². The molecule has 1 fully saturated rings. The SMILES string of the molecule is C=CCOc1ccc(C=C2NC(=S)N(c3ccc(Br)cc3)C2=O)cc1OCC. The highest BCUT2D eigenvalue weighted by atomic mass is 79.9. The zero-order valence-corrected chi connectivity index (χ0v) is 17.7. The summed E-state index contributed by atoms with van der Waals surface area (Å²) >= 11 is 8.74. The highest BCUT2D eigenvalue weighted by Crippen LogP contribution is 2.30. The third-order valence-electron chi connectivity index (χ3n) is 3.90. The van der Waals surface area contributed by atoms with Gasteiger partial charge in [0.1, 0.15) is 12.3 Å². The number of ether oxygens (including phenoxy) is 2. The monoisotopic (exact) mass is 458 g/mol. The fraction of sp³-hybridized carbons (Fsp3) is 0.143. The van der Waals surface area contributed by atoms with Crippen LogP contribution in [0.1, 0.15) is 12.5 Å². The number of thiocarbonyl (C=S) groups is 1. The smallest absolute Gasteiger partial charge is 0.281 e. The summed E-state index contributed by atoms with van der Waals surface area (Å²) in [4.78, 5) is 14.3. The molecule has 0 spiro atoms. The third kappa shape index (κ3) is 4.43. The quantitative estimate of drug-likeness (QED) is 0.371. The standard InChI is InChI=1S/C21H19BrN2O3S/c1-3-11-27-18-10-5-14(13-19(18)26-4-2)12-17-20(25)24(21(28)23-17)16-8-6-15(22)7-9-16/h3,5-10,12-13H,1,4,11H2,2H3,(H,23,28). The Balaban J connectivity index is 1.87. The van der Waals surface area contributed by atoms with Crippen LogP contribution in [0.15, 0.2) is 65.3 Å². The number of nitrogens with one attached hydrogen (secondary N) is 1. The molecule has 1 N–H and O–H groups in total. The average molecular weight is 459 g/mol. The first kappa shape index (κ1) is 20.1. The highest BCUT2D eigenvalue weighted by Gasteiger charge is 2.31.